The zero-order chi connectivity index (χ0) is 13.7. The van der Waals surface area contributed by atoms with Gasteiger partial charge in [-0.15, -0.1) is 0 Å². The maximum Gasteiger partial charge on any atom is 0.169 e. The Morgan fingerprint density at radius 1 is 1.32 bits per heavy atom. The van der Waals surface area contributed by atoms with Crippen LogP contribution in [-0.2, 0) is 6.54 Å². The first-order chi connectivity index (χ1) is 9.19. The third kappa shape index (κ3) is 4.11. The highest BCUT2D eigenvalue weighted by Crippen LogP contribution is 2.21. The van der Waals surface area contributed by atoms with Crippen LogP contribution in [0.3, 0.4) is 0 Å². The number of nitrogens with one attached hydrogen (secondary N) is 1. The topological polar surface area (TPSA) is 34.4 Å². The van der Waals surface area contributed by atoms with Crippen molar-refractivity contribution < 1.29 is 9.15 Å². The molecule has 0 spiro atoms. The normalized spacial score (nSPS) is 12.4. The molecule has 1 heterocycles. The Bertz CT molecular complexity index is 524. The van der Waals surface area contributed by atoms with Gasteiger partial charge in [-0.2, -0.15) is 0 Å². The number of hydrogen-bond donors (Lipinski definition) is 1. The second-order valence-electron chi connectivity index (χ2n) is 4.32. The van der Waals surface area contributed by atoms with Crippen LogP contribution in [-0.4, -0.2) is 6.61 Å². The largest absolute Gasteiger partial charge is 0.494 e. The SMILES string of the molecule is CCOc1cccc(CNC(C)c2ccc(Br)o2)c1. The van der Waals surface area contributed by atoms with E-state index in [-0.39, 0.29) is 6.04 Å². The van der Waals surface area contributed by atoms with Gasteiger partial charge < -0.3 is 14.5 Å². The van der Waals surface area contributed by atoms with Gasteiger partial charge in [0, 0.05) is 6.54 Å². The number of halogens is 1. The van der Waals surface area contributed by atoms with Crippen molar-refractivity contribution in [2.75, 3.05) is 6.61 Å². The minimum absolute atomic E-state index is 0.169. The number of furan rings is 1. The molecule has 0 aliphatic heterocycles. The van der Waals surface area contributed by atoms with Crippen molar-refractivity contribution in [1.29, 1.82) is 0 Å². The van der Waals surface area contributed by atoms with E-state index in [2.05, 4.69) is 40.3 Å². The minimum atomic E-state index is 0.169. The standard InChI is InChI=1S/C15H18BrNO2/c1-3-18-13-6-4-5-12(9-13)10-17-11(2)14-7-8-15(16)19-14/h4-9,11,17H,3,10H2,1-2H3. The maximum atomic E-state index is 5.53. The lowest BCUT2D eigenvalue weighted by Crippen LogP contribution is -2.17. The van der Waals surface area contributed by atoms with E-state index < -0.39 is 0 Å². The average molecular weight is 324 g/mol. The Kier molecular flexibility index (Phi) is 5.05. The molecule has 0 saturated carbocycles. The number of benzene rings is 1. The second-order valence-corrected chi connectivity index (χ2v) is 5.11. The molecule has 3 nitrogen and oxygen atoms in total. The van der Waals surface area contributed by atoms with Crippen LogP contribution in [0.1, 0.15) is 31.2 Å². The first-order valence-electron chi connectivity index (χ1n) is 6.39. The molecule has 1 aromatic carbocycles. The van der Waals surface area contributed by atoms with Gasteiger partial charge in [0.1, 0.15) is 11.5 Å². The summed E-state index contributed by atoms with van der Waals surface area (Å²) in [5.41, 5.74) is 1.20. The van der Waals surface area contributed by atoms with Gasteiger partial charge in [0.2, 0.25) is 0 Å². The summed E-state index contributed by atoms with van der Waals surface area (Å²) in [5, 5.41) is 3.43. The Balaban J connectivity index is 1.93. The molecular formula is C15H18BrNO2. The van der Waals surface area contributed by atoms with Crippen LogP contribution in [0.5, 0.6) is 5.75 Å². The Hall–Kier alpha value is -1.26. The molecule has 0 saturated heterocycles. The molecule has 1 aromatic heterocycles. The highest BCUT2D eigenvalue weighted by Gasteiger charge is 2.09. The van der Waals surface area contributed by atoms with Crippen molar-refractivity contribution in [1.82, 2.24) is 5.32 Å². The molecule has 0 bridgehead atoms. The Morgan fingerprint density at radius 2 is 2.16 bits per heavy atom. The molecule has 0 radical (unpaired) electrons. The van der Waals surface area contributed by atoms with Crippen molar-refractivity contribution >= 4 is 15.9 Å². The van der Waals surface area contributed by atoms with E-state index >= 15 is 0 Å². The second kappa shape index (κ2) is 6.78. The predicted molar refractivity (Wildman–Crippen MR) is 79.3 cm³/mol. The van der Waals surface area contributed by atoms with Gasteiger partial charge in [-0.3, -0.25) is 0 Å². The summed E-state index contributed by atoms with van der Waals surface area (Å²) in [7, 11) is 0. The van der Waals surface area contributed by atoms with Gasteiger partial charge in [-0.05, 0) is 59.6 Å². The molecule has 0 aliphatic carbocycles. The summed E-state index contributed by atoms with van der Waals surface area (Å²) in [4.78, 5) is 0. The van der Waals surface area contributed by atoms with Crippen LogP contribution in [0.2, 0.25) is 0 Å². The third-order valence-corrected chi connectivity index (χ3v) is 3.27. The summed E-state index contributed by atoms with van der Waals surface area (Å²) in [6.45, 7) is 5.54. The molecule has 1 N–H and O–H groups in total. The van der Waals surface area contributed by atoms with Crippen molar-refractivity contribution in [3.63, 3.8) is 0 Å². The molecule has 1 unspecified atom stereocenters. The van der Waals surface area contributed by atoms with Crippen LogP contribution < -0.4 is 10.1 Å². The molecule has 0 fully saturated rings. The first-order valence-corrected chi connectivity index (χ1v) is 7.18. The van der Waals surface area contributed by atoms with E-state index in [0.29, 0.717) is 6.61 Å². The first kappa shape index (κ1) is 14.2. The highest BCUT2D eigenvalue weighted by molar-refractivity contribution is 9.10. The average Bonchev–Trinajstić information content (AvgIpc) is 2.84. The van der Waals surface area contributed by atoms with Crippen molar-refractivity contribution in [2.45, 2.75) is 26.4 Å². The minimum Gasteiger partial charge on any atom is -0.494 e. The van der Waals surface area contributed by atoms with Gasteiger partial charge in [0.25, 0.3) is 0 Å². The Morgan fingerprint density at radius 3 is 2.84 bits per heavy atom. The van der Waals surface area contributed by atoms with Crippen LogP contribution in [0.15, 0.2) is 45.5 Å². The lowest BCUT2D eigenvalue weighted by atomic mass is 10.2. The molecule has 0 amide bonds. The molecule has 102 valence electrons. The molecular weight excluding hydrogens is 306 g/mol. The summed E-state index contributed by atoms with van der Waals surface area (Å²) in [6.07, 6.45) is 0. The molecule has 2 aromatic rings. The molecule has 2 rings (SSSR count). The van der Waals surface area contributed by atoms with E-state index in [0.717, 1.165) is 22.7 Å². The van der Waals surface area contributed by atoms with Crippen molar-refractivity contribution in [3.05, 3.63) is 52.4 Å². The smallest absolute Gasteiger partial charge is 0.169 e. The summed E-state index contributed by atoms with van der Waals surface area (Å²) >= 11 is 3.31. The lowest BCUT2D eigenvalue weighted by Gasteiger charge is -2.12. The Labute approximate surface area is 122 Å². The highest BCUT2D eigenvalue weighted by atomic mass is 79.9. The third-order valence-electron chi connectivity index (χ3n) is 2.84. The van der Waals surface area contributed by atoms with Gasteiger partial charge in [-0.25, -0.2) is 0 Å². The van der Waals surface area contributed by atoms with Crippen molar-refractivity contribution in [2.24, 2.45) is 0 Å². The molecule has 0 aliphatic rings. The lowest BCUT2D eigenvalue weighted by molar-refractivity contribution is 0.339. The quantitative estimate of drug-likeness (QED) is 0.861. The maximum absolute atomic E-state index is 5.53. The zero-order valence-corrected chi connectivity index (χ0v) is 12.7. The number of hydrogen-bond acceptors (Lipinski definition) is 3. The number of rotatable bonds is 6. The summed E-state index contributed by atoms with van der Waals surface area (Å²) in [5.74, 6) is 1.84. The van der Waals surface area contributed by atoms with Crippen LogP contribution in [0.4, 0.5) is 0 Å². The van der Waals surface area contributed by atoms with Crippen LogP contribution in [0.25, 0.3) is 0 Å². The van der Waals surface area contributed by atoms with Gasteiger partial charge in [0.15, 0.2) is 4.67 Å². The molecule has 1 atom stereocenters. The summed E-state index contributed by atoms with van der Waals surface area (Å²) in [6, 6.07) is 12.2. The summed E-state index contributed by atoms with van der Waals surface area (Å²) < 4.78 is 11.8. The van der Waals surface area contributed by atoms with Crippen LogP contribution in [0, 0.1) is 0 Å². The fourth-order valence-corrected chi connectivity index (χ4v) is 2.16. The zero-order valence-electron chi connectivity index (χ0n) is 11.2. The van der Waals surface area contributed by atoms with E-state index in [1.54, 1.807) is 0 Å². The molecule has 19 heavy (non-hydrogen) atoms. The fraction of sp³-hybridized carbons (Fsp3) is 0.333. The van der Waals surface area contributed by atoms with Crippen molar-refractivity contribution in [3.8, 4) is 5.75 Å². The fourth-order valence-electron chi connectivity index (χ4n) is 1.84. The molecule has 4 heteroatoms. The van der Waals surface area contributed by atoms with Gasteiger partial charge in [0.05, 0.1) is 12.6 Å². The van der Waals surface area contributed by atoms with Gasteiger partial charge >= 0.3 is 0 Å². The van der Waals surface area contributed by atoms with E-state index in [9.17, 15) is 0 Å². The predicted octanol–water partition coefficient (Wildman–Crippen LogP) is 4.29. The van der Waals surface area contributed by atoms with E-state index in [1.807, 2.05) is 31.2 Å². The van der Waals surface area contributed by atoms with Crippen LogP contribution >= 0.6 is 15.9 Å². The van der Waals surface area contributed by atoms with E-state index in [1.165, 1.54) is 5.56 Å². The number of ether oxygens (including phenoxy) is 1. The van der Waals surface area contributed by atoms with E-state index in [4.69, 9.17) is 9.15 Å². The monoisotopic (exact) mass is 323 g/mol. The van der Waals surface area contributed by atoms with Gasteiger partial charge in [-0.1, -0.05) is 12.1 Å².